The first-order valence-electron chi connectivity index (χ1n) is 6.24. The van der Waals surface area contributed by atoms with Crippen LogP contribution in [0.2, 0.25) is 19.6 Å². The van der Waals surface area contributed by atoms with Crippen molar-refractivity contribution in [2.24, 2.45) is 0 Å². The fourth-order valence-electron chi connectivity index (χ4n) is 2.27. The molecule has 0 radical (unpaired) electrons. The summed E-state index contributed by atoms with van der Waals surface area (Å²) in [6.07, 6.45) is 6.28. The molecule has 90 valence electrons. The van der Waals surface area contributed by atoms with E-state index in [1.165, 1.54) is 13.1 Å². The van der Waals surface area contributed by atoms with Crippen molar-refractivity contribution < 1.29 is 0 Å². The van der Waals surface area contributed by atoms with Gasteiger partial charge in [-0.15, -0.1) is 7.47 Å². The second kappa shape index (κ2) is 6.10. The van der Waals surface area contributed by atoms with Gasteiger partial charge in [0.25, 0.3) is 0 Å². The maximum absolute atomic E-state index is 2.73. The molecule has 0 aromatic carbocycles. The summed E-state index contributed by atoms with van der Waals surface area (Å²) in [5.41, 5.74) is 0. The monoisotopic (exact) mass is 263 g/mol. The number of hydrogen-bond acceptors (Lipinski definition) is 1. The summed E-state index contributed by atoms with van der Waals surface area (Å²) in [5, 5.41) is 0. The van der Waals surface area contributed by atoms with E-state index in [0.717, 1.165) is 0 Å². The standard InChI is InChI=1S/C11H27NP2Si/c1-6-12(7-2)13-8-10-14(11-9-13)15(3,4)5/h6-11H2,1-5H3. The average molecular weight is 263 g/mol. The topological polar surface area (TPSA) is 3.24 Å². The van der Waals surface area contributed by atoms with E-state index in [1.807, 2.05) is 0 Å². The molecule has 0 spiro atoms. The minimum Gasteiger partial charge on any atom is -0.282 e. The lowest BCUT2D eigenvalue weighted by Crippen LogP contribution is -2.30. The molecule has 1 heterocycles. The van der Waals surface area contributed by atoms with Gasteiger partial charge in [-0.2, -0.15) is 0 Å². The molecule has 4 heteroatoms. The van der Waals surface area contributed by atoms with Gasteiger partial charge in [-0.3, -0.25) is 4.67 Å². The summed E-state index contributed by atoms with van der Waals surface area (Å²) in [5.74, 6) is 0. The smallest absolute Gasteiger partial charge is 0.0720 e. The first kappa shape index (κ1) is 14.1. The maximum Gasteiger partial charge on any atom is 0.0720 e. The van der Waals surface area contributed by atoms with Crippen molar-refractivity contribution >= 4 is 23.3 Å². The van der Waals surface area contributed by atoms with E-state index in [2.05, 4.69) is 38.2 Å². The van der Waals surface area contributed by atoms with Crippen molar-refractivity contribution in [2.75, 3.05) is 37.7 Å². The molecule has 0 saturated carbocycles. The van der Waals surface area contributed by atoms with Crippen molar-refractivity contribution in [3.05, 3.63) is 0 Å². The Hall–Kier alpha value is 1.04. The Morgan fingerprint density at radius 1 is 0.933 bits per heavy atom. The first-order chi connectivity index (χ1) is 6.99. The average Bonchev–Trinajstić information content (AvgIpc) is 2.19. The van der Waals surface area contributed by atoms with Crippen LogP contribution in [0, 0.1) is 0 Å². The minimum absolute atomic E-state index is 0.263. The molecule has 1 nitrogen and oxygen atoms in total. The molecule has 0 unspecified atom stereocenters. The van der Waals surface area contributed by atoms with Crippen LogP contribution in [0.3, 0.4) is 0 Å². The Labute approximate surface area is 99.4 Å². The van der Waals surface area contributed by atoms with Crippen molar-refractivity contribution in [3.8, 4) is 0 Å². The van der Waals surface area contributed by atoms with Gasteiger partial charge in [-0.1, -0.05) is 33.5 Å². The SMILES string of the molecule is CCN(CC)P1CCP([Si](C)(C)C)CC1. The van der Waals surface area contributed by atoms with Gasteiger partial charge in [-0.05, 0) is 45.8 Å². The van der Waals surface area contributed by atoms with Crippen LogP contribution in [0.1, 0.15) is 13.8 Å². The second-order valence-corrected chi connectivity index (χ2v) is 20.0. The largest absolute Gasteiger partial charge is 0.282 e. The van der Waals surface area contributed by atoms with E-state index in [1.54, 1.807) is 24.6 Å². The van der Waals surface area contributed by atoms with Gasteiger partial charge in [0.15, 0.2) is 0 Å². The number of rotatable bonds is 4. The van der Waals surface area contributed by atoms with Crippen LogP contribution in [0.25, 0.3) is 0 Å². The summed E-state index contributed by atoms with van der Waals surface area (Å²) >= 11 is 0. The summed E-state index contributed by atoms with van der Waals surface area (Å²) in [6.45, 7) is 14.9. The van der Waals surface area contributed by atoms with E-state index >= 15 is 0 Å². The van der Waals surface area contributed by atoms with E-state index in [4.69, 9.17) is 0 Å². The number of hydrogen-bond donors (Lipinski definition) is 0. The van der Waals surface area contributed by atoms with Crippen molar-refractivity contribution in [2.45, 2.75) is 33.5 Å². The Morgan fingerprint density at radius 2 is 1.40 bits per heavy atom. The normalized spacial score (nSPS) is 28.4. The zero-order valence-corrected chi connectivity index (χ0v) is 13.9. The molecule has 1 aliphatic rings. The molecule has 0 bridgehead atoms. The quantitative estimate of drug-likeness (QED) is 0.546. The second-order valence-electron chi connectivity index (χ2n) is 5.25. The van der Waals surface area contributed by atoms with Crippen molar-refractivity contribution in [1.29, 1.82) is 0 Å². The van der Waals surface area contributed by atoms with Gasteiger partial charge >= 0.3 is 0 Å². The lowest BCUT2D eigenvalue weighted by Gasteiger charge is -2.40. The van der Waals surface area contributed by atoms with Gasteiger partial charge in [-0.25, -0.2) is 0 Å². The highest BCUT2D eigenvalue weighted by Gasteiger charge is 2.31. The van der Waals surface area contributed by atoms with Gasteiger partial charge in [0, 0.05) is 0 Å². The molecular formula is C11H27NP2Si. The summed E-state index contributed by atoms with van der Waals surface area (Å²) in [6, 6.07) is 0. The van der Waals surface area contributed by atoms with Gasteiger partial charge in [0.05, 0.1) is 7.74 Å². The summed E-state index contributed by atoms with van der Waals surface area (Å²) in [7, 11) is -0.0676. The van der Waals surface area contributed by atoms with Crippen LogP contribution in [0.15, 0.2) is 0 Å². The van der Waals surface area contributed by atoms with E-state index in [-0.39, 0.29) is 8.07 Å². The molecule has 0 amide bonds. The molecule has 0 N–H and O–H groups in total. The molecule has 0 aromatic heterocycles. The highest BCUT2D eigenvalue weighted by atomic mass is 31.4. The Balaban J connectivity index is 2.42. The van der Waals surface area contributed by atoms with E-state index < -0.39 is 7.74 Å². The van der Waals surface area contributed by atoms with Crippen LogP contribution in [-0.4, -0.2) is 50.1 Å². The molecule has 0 atom stereocenters. The summed E-state index contributed by atoms with van der Waals surface area (Å²) < 4.78 is 2.73. The van der Waals surface area contributed by atoms with Crippen LogP contribution in [0.4, 0.5) is 0 Å². The lowest BCUT2D eigenvalue weighted by atomic mass is 10.7. The zero-order chi connectivity index (χ0) is 11.5. The molecule has 1 rings (SSSR count). The van der Waals surface area contributed by atoms with Crippen LogP contribution >= 0.6 is 15.5 Å². The fraction of sp³-hybridized carbons (Fsp3) is 1.00. The molecule has 1 saturated heterocycles. The minimum atomic E-state index is -0.784. The Kier molecular flexibility index (Phi) is 5.73. The number of nitrogens with zero attached hydrogens (tertiary/aromatic N) is 1. The molecular weight excluding hydrogens is 236 g/mol. The van der Waals surface area contributed by atoms with Gasteiger partial charge < -0.3 is 0 Å². The molecule has 0 aliphatic carbocycles. The highest BCUT2D eigenvalue weighted by molar-refractivity contribution is 7.95. The van der Waals surface area contributed by atoms with Crippen LogP contribution < -0.4 is 0 Å². The Morgan fingerprint density at radius 3 is 1.73 bits per heavy atom. The maximum atomic E-state index is 2.73. The Bertz CT molecular complexity index is 182. The molecule has 15 heavy (non-hydrogen) atoms. The highest BCUT2D eigenvalue weighted by Crippen LogP contribution is 2.56. The molecule has 1 fully saturated rings. The van der Waals surface area contributed by atoms with Gasteiger partial charge in [0.1, 0.15) is 0 Å². The predicted octanol–water partition coefficient (Wildman–Crippen LogP) is 4.06. The molecule has 0 aromatic rings. The van der Waals surface area contributed by atoms with E-state index in [9.17, 15) is 0 Å². The third-order valence-electron chi connectivity index (χ3n) is 3.33. The molecule has 1 aliphatic heterocycles. The van der Waals surface area contributed by atoms with Gasteiger partial charge in [0.2, 0.25) is 0 Å². The third-order valence-corrected chi connectivity index (χ3v) is 17.3. The third kappa shape index (κ3) is 4.08. The first-order valence-corrected chi connectivity index (χ1v) is 14.0. The fourth-order valence-corrected chi connectivity index (χ4v) is 15.0. The zero-order valence-electron chi connectivity index (χ0n) is 11.1. The predicted molar refractivity (Wildman–Crippen MR) is 79.6 cm³/mol. The van der Waals surface area contributed by atoms with E-state index in [0.29, 0.717) is 7.47 Å². The van der Waals surface area contributed by atoms with Crippen molar-refractivity contribution in [1.82, 2.24) is 4.67 Å². The van der Waals surface area contributed by atoms with Crippen molar-refractivity contribution in [3.63, 3.8) is 0 Å². The van der Waals surface area contributed by atoms with Crippen LogP contribution in [-0.2, 0) is 0 Å². The van der Waals surface area contributed by atoms with Crippen LogP contribution in [0.5, 0.6) is 0 Å². The lowest BCUT2D eigenvalue weighted by molar-refractivity contribution is 0.506. The summed E-state index contributed by atoms with van der Waals surface area (Å²) in [4.78, 5) is 0.